The van der Waals surface area contributed by atoms with Crippen molar-refractivity contribution in [2.24, 2.45) is 0 Å². The van der Waals surface area contributed by atoms with Gasteiger partial charge in [-0.15, -0.1) is 11.3 Å². The average Bonchev–Trinajstić information content (AvgIpc) is 2.70. The zero-order chi connectivity index (χ0) is 11.7. The van der Waals surface area contributed by atoms with E-state index in [4.69, 9.17) is 0 Å². The molecular weight excluding hydrogens is 246 g/mol. The summed E-state index contributed by atoms with van der Waals surface area (Å²) in [6.07, 6.45) is 0. The van der Waals surface area contributed by atoms with Crippen molar-refractivity contribution in [1.29, 1.82) is 0 Å². The summed E-state index contributed by atoms with van der Waals surface area (Å²) in [5, 5.41) is 1.13. The van der Waals surface area contributed by atoms with Gasteiger partial charge in [0.1, 0.15) is 0 Å². The highest BCUT2D eigenvalue weighted by atomic mass is 32.2. The van der Waals surface area contributed by atoms with Gasteiger partial charge in [-0.05, 0) is 37.3 Å². The van der Waals surface area contributed by atoms with Gasteiger partial charge in [0.2, 0.25) is 0 Å². The van der Waals surface area contributed by atoms with Crippen molar-refractivity contribution >= 4 is 33.3 Å². The van der Waals surface area contributed by atoms with Crippen molar-refractivity contribution in [3.63, 3.8) is 0 Å². The Hall–Kier alpha value is -1.32. The number of hydrogen-bond donors (Lipinski definition) is 0. The van der Waals surface area contributed by atoms with Crippen molar-refractivity contribution in [3.05, 3.63) is 53.5 Å². The third kappa shape index (κ3) is 2.35. The first-order valence-electron chi connectivity index (χ1n) is 5.41. The van der Waals surface area contributed by atoms with Crippen LogP contribution in [0.5, 0.6) is 0 Å². The van der Waals surface area contributed by atoms with E-state index >= 15 is 0 Å². The Morgan fingerprint density at radius 1 is 1.00 bits per heavy atom. The minimum Gasteiger partial charge on any atom is -0.241 e. The molecule has 0 amide bonds. The highest BCUT2D eigenvalue weighted by molar-refractivity contribution is 7.99. The van der Waals surface area contributed by atoms with Gasteiger partial charge in [0.15, 0.2) is 0 Å². The minimum absolute atomic E-state index is 1.11. The number of fused-ring (bicyclic) bond motifs is 1. The maximum atomic E-state index is 4.52. The highest BCUT2D eigenvalue weighted by Crippen LogP contribution is 2.31. The zero-order valence-electron chi connectivity index (χ0n) is 9.38. The molecule has 0 radical (unpaired) electrons. The first kappa shape index (κ1) is 10.8. The second-order valence-corrected chi connectivity index (χ2v) is 6.16. The molecular formula is C14H11NS2. The van der Waals surface area contributed by atoms with E-state index in [2.05, 4.69) is 54.4 Å². The first-order chi connectivity index (χ1) is 8.31. The van der Waals surface area contributed by atoms with Crippen LogP contribution in [0, 0.1) is 6.92 Å². The Labute approximate surface area is 109 Å². The number of thiazole rings is 1. The summed E-state index contributed by atoms with van der Waals surface area (Å²) < 4.78 is 1.26. The number of aryl methyl sites for hydroxylation is 1. The predicted molar refractivity (Wildman–Crippen MR) is 74.9 cm³/mol. The third-order valence-electron chi connectivity index (χ3n) is 2.44. The van der Waals surface area contributed by atoms with Gasteiger partial charge >= 0.3 is 0 Å². The molecule has 0 aliphatic carbocycles. The Kier molecular flexibility index (Phi) is 2.87. The molecule has 3 rings (SSSR count). The molecule has 0 saturated carbocycles. The van der Waals surface area contributed by atoms with Gasteiger partial charge in [-0.1, -0.05) is 30.0 Å². The van der Waals surface area contributed by atoms with Crippen LogP contribution < -0.4 is 0 Å². The van der Waals surface area contributed by atoms with Crippen LogP contribution in [0.15, 0.2) is 58.3 Å². The lowest BCUT2D eigenvalue weighted by Gasteiger charge is -2.00. The molecule has 0 spiro atoms. The lowest BCUT2D eigenvalue weighted by atomic mass is 10.3. The Balaban J connectivity index is 1.95. The van der Waals surface area contributed by atoms with Crippen LogP contribution >= 0.6 is 23.1 Å². The van der Waals surface area contributed by atoms with Gasteiger partial charge in [0.05, 0.1) is 15.2 Å². The summed E-state index contributed by atoms with van der Waals surface area (Å²) in [6.45, 7) is 2.05. The van der Waals surface area contributed by atoms with Crippen molar-refractivity contribution in [3.8, 4) is 0 Å². The maximum absolute atomic E-state index is 4.52. The molecule has 0 aliphatic rings. The molecule has 2 aromatic carbocycles. The molecule has 1 heterocycles. The summed E-state index contributed by atoms with van der Waals surface area (Å²) in [7, 11) is 0. The van der Waals surface area contributed by atoms with Crippen LogP contribution in [-0.2, 0) is 0 Å². The fraction of sp³-hybridized carbons (Fsp3) is 0.0714. The van der Waals surface area contributed by atoms with Gasteiger partial charge in [0, 0.05) is 9.79 Å². The van der Waals surface area contributed by atoms with Crippen molar-refractivity contribution < 1.29 is 0 Å². The van der Waals surface area contributed by atoms with E-state index in [0.717, 1.165) is 10.5 Å². The second kappa shape index (κ2) is 4.51. The van der Waals surface area contributed by atoms with Crippen molar-refractivity contribution in [2.75, 3.05) is 0 Å². The zero-order valence-corrected chi connectivity index (χ0v) is 11.0. The molecule has 17 heavy (non-hydrogen) atoms. The third-order valence-corrected chi connectivity index (χ3v) is 4.39. The first-order valence-corrected chi connectivity index (χ1v) is 7.05. The van der Waals surface area contributed by atoms with E-state index in [0.29, 0.717) is 0 Å². The normalized spacial score (nSPS) is 10.9. The molecule has 0 unspecified atom stereocenters. The standard InChI is InChI=1S/C14H11NS2/c1-10-15-13-9-12(7-8-14(13)16-10)17-11-5-3-2-4-6-11/h2-9H,1H3. The molecule has 84 valence electrons. The number of nitrogens with zero attached hydrogens (tertiary/aromatic N) is 1. The van der Waals surface area contributed by atoms with Crippen LogP contribution in [0.1, 0.15) is 5.01 Å². The molecule has 0 fully saturated rings. The molecule has 0 aliphatic heterocycles. The smallest absolute Gasteiger partial charge is 0.0907 e. The lowest BCUT2D eigenvalue weighted by molar-refractivity contribution is 1.33. The van der Waals surface area contributed by atoms with E-state index in [1.807, 2.05) is 6.07 Å². The lowest BCUT2D eigenvalue weighted by Crippen LogP contribution is -1.74. The molecule has 0 saturated heterocycles. The van der Waals surface area contributed by atoms with Crippen LogP contribution in [-0.4, -0.2) is 4.98 Å². The van der Waals surface area contributed by atoms with Crippen LogP contribution in [0.4, 0.5) is 0 Å². The SMILES string of the molecule is Cc1nc2cc(Sc3ccccc3)ccc2s1. The second-order valence-electron chi connectivity index (χ2n) is 3.78. The van der Waals surface area contributed by atoms with E-state index in [1.54, 1.807) is 23.1 Å². The van der Waals surface area contributed by atoms with Gasteiger partial charge < -0.3 is 0 Å². The van der Waals surface area contributed by atoms with Gasteiger partial charge in [0.25, 0.3) is 0 Å². The van der Waals surface area contributed by atoms with Crippen molar-refractivity contribution in [2.45, 2.75) is 16.7 Å². The Morgan fingerprint density at radius 3 is 2.65 bits per heavy atom. The van der Waals surface area contributed by atoms with E-state index < -0.39 is 0 Å². The summed E-state index contributed by atoms with van der Waals surface area (Å²) >= 11 is 3.52. The summed E-state index contributed by atoms with van der Waals surface area (Å²) in [5.74, 6) is 0. The van der Waals surface area contributed by atoms with Crippen LogP contribution in [0.2, 0.25) is 0 Å². The van der Waals surface area contributed by atoms with Gasteiger partial charge in [-0.25, -0.2) is 4.98 Å². The Morgan fingerprint density at radius 2 is 1.82 bits per heavy atom. The maximum Gasteiger partial charge on any atom is 0.0907 e. The predicted octanol–water partition coefficient (Wildman–Crippen LogP) is 4.76. The number of hydrogen-bond acceptors (Lipinski definition) is 3. The van der Waals surface area contributed by atoms with Gasteiger partial charge in [-0.2, -0.15) is 0 Å². The van der Waals surface area contributed by atoms with E-state index in [1.165, 1.54) is 14.5 Å². The highest BCUT2D eigenvalue weighted by Gasteiger charge is 2.02. The topological polar surface area (TPSA) is 12.9 Å². The molecule has 1 aromatic heterocycles. The van der Waals surface area contributed by atoms with Crippen molar-refractivity contribution in [1.82, 2.24) is 4.98 Å². The number of aromatic nitrogens is 1. The minimum atomic E-state index is 1.11. The molecule has 0 bridgehead atoms. The van der Waals surface area contributed by atoms with Gasteiger partial charge in [-0.3, -0.25) is 0 Å². The quantitative estimate of drug-likeness (QED) is 0.656. The fourth-order valence-electron chi connectivity index (χ4n) is 1.71. The average molecular weight is 257 g/mol. The van der Waals surface area contributed by atoms with E-state index in [9.17, 15) is 0 Å². The molecule has 3 heteroatoms. The molecule has 3 aromatic rings. The summed E-state index contributed by atoms with van der Waals surface area (Å²) in [5.41, 5.74) is 1.11. The molecule has 1 nitrogen and oxygen atoms in total. The summed E-state index contributed by atoms with van der Waals surface area (Å²) in [4.78, 5) is 7.03. The fourth-order valence-corrected chi connectivity index (χ4v) is 3.39. The monoisotopic (exact) mass is 257 g/mol. The number of rotatable bonds is 2. The number of benzene rings is 2. The summed E-state index contributed by atoms with van der Waals surface area (Å²) in [6, 6.07) is 16.9. The molecule has 0 N–H and O–H groups in total. The van der Waals surface area contributed by atoms with Crippen LogP contribution in [0.25, 0.3) is 10.2 Å². The van der Waals surface area contributed by atoms with Crippen LogP contribution in [0.3, 0.4) is 0 Å². The largest absolute Gasteiger partial charge is 0.241 e. The molecule has 0 atom stereocenters. The van der Waals surface area contributed by atoms with E-state index in [-0.39, 0.29) is 0 Å². The Bertz CT molecular complexity index is 644.